The first-order valence-corrected chi connectivity index (χ1v) is 6.04. The normalized spacial score (nSPS) is 19.9. The van der Waals surface area contributed by atoms with Crippen LogP contribution in [0, 0.1) is 5.92 Å². The van der Waals surface area contributed by atoms with Crippen LogP contribution in [-0.2, 0) is 0 Å². The fourth-order valence-corrected chi connectivity index (χ4v) is 2.45. The number of hydrogen-bond donors (Lipinski definition) is 1. The van der Waals surface area contributed by atoms with Crippen LogP contribution in [0.4, 0.5) is 0 Å². The van der Waals surface area contributed by atoms with Gasteiger partial charge in [-0.15, -0.1) is 6.58 Å². The molecule has 1 nitrogen and oxygen atoms in total. The van der Waals surface area contributed by atoms with E-state index in [0.717, 1.165) is 12.0 Å². The minimum atomic E-state index is 0.717. The van der Waals surface area contributed by atoms with Crippen molar-refractivity contribution in [3.05, 3.63) is 12.2 Å². The van der Waals surface area contributed by atoms with Crippen molar-refractivity contribution >= 4 is 0 Å². The maximum Gasteiger partial charge on any atom is 0.00697 e. The molecule has 1 aliphatic rings. The van der Waals surface area contributed by atoms with Crippen LogP contribution >= 0.6 is 0 Å². The molecule has 1 aliphatic carbocycles. The smallest absolute Gasteiger partial charge is 0.00697 e. The van der Waals surface area contributed by atoms with E-state index in [9.17, 15) is 0 Å². The minimum absolute atomic E-state index is 0.717. The summed E-state index contributed by atoms with van der Waals surface area (Å²) in [4.78, 5) is 0. The Kier molecular flexibility index (Phi) is 5.24. The highest BCUT2D eigenvalue weighted by molar-refractivity contribution is 4.89. The molecule has 0 aromatic rings. The summed E-state index contributed by atoms with van der Waals surface area (Å²) < 4.78 is 0. The first kappa shape index (κ1) is 11.8. The van der Waals surface area contributed by atoms with E-state index in [0.29, 0.717) is 0 Å². The van der Waals surface area contributed by atoms with Crippen molar-refractivity contribution in [2.24, 2.45) is 5.92 Å². The van der Waals surface area contributed by atoms with Crippen molar-refractivity contribution in [2.45, 2.75) is 57.9 Å². The molecule has 0 spiro atoms. The van der Waals surface area contributed by atoms with Crippen LogP contribution in [-0.4, -0.2) is 13.1 Å². The first-order chi connectivity index (χ1) is 6.72. The summed E-state index contributed by atoms with van der Waals surface area (Å²) in [6, 6.07) is 0.717. The Bertz CT molecular complexity index is 168. The van der Waals surface area contributed by atoms with E-state index in [1.807, 2.05) is 0 Å². The van der Waals surface area contributed by atoms with Crippen molar-refractivity contribution in [1.82, 2.24) is 5.32 Å². The molecule has 0 heterocycles. The molecule has 0 amide bonds. The average molecular weight is 195 g/mol. The minimum Gasteiger partial charge on any atom is -0.317 e. The Morgan fingerprint density at radius 3 is 2.57 bits per heavy atom. The summed E-state index contributed by atoms with van der Waals surface area (Å²) in [5.41, 5.74) is 1.32. The van der Waals surface area contributed by atoms with E-state index in [-0.39, 0.29) is 0 Å². The van der Waals surface area contributed by atoms with E-state index >= 15 is 0 Å². The second-order valence-electron chi connectivity index (χ2n) is 4.87. The highest BCUT2D eigenvalue weighted by Crippen LogP contribution is 2.29. The lowest BCUT2D eigenvalue weighted by Gasteiger charge is -2.19. The molecule has 1 N–H and O–H groups in total. The predicted molar refractivity (Wildman–Crippen MR) is 63.5 cm³/mol. The Balaban J connectivity index is 2.19. The summed E-state index contributed by atoms with van der Waals surface area (Å²) in [6.45, 7) is 6.09. The van der Waals surface area contributed by atoms with Gasteiger partial charge in [-0.25, -0.2) is 0 Å². The third-order valence-corrected chi connectivity index (χ3v) is 3.42. The van der Waals surface area contributed by atoms with Crippen LogP contribution in [0.15, 0.2) is 12.2 Å². The summed E-state index contributed by atoms with van der Waals surface area (Å²) in [5.74, 6) is 0.998. The fourth-order valence-electron chi connectivity index (χ4n) is 2.45. The highest BCUT2D eigenvalue weighted by atomic mass is 14.9. The second-order valence-corrected chi connectivity index (χ2v) is 4.87. The molecule has 1 atom stereocenters. The van der Waals surface area contributed by atoms with Gasteiger partial charge in [0, 0.05) is 6.04 Å². The van der Waals surface area contributed by atoms with Gasteiger partial charge in [0.2, 0.25) is 0 Å². The molecule has 0 radical (unpaired) electrons. The maximum absolute atomic E-state index is 3.97. The van der Waals surface area contributed by atoms with Gasteiger partial charge in [0.1, 0.15) is 0 Å². The van der Waals surface area contributed by atoms with E-state index < -0.39 is 0 Å². The molecule has 0 aromatic carbocycles. The molecule has 14 heavy (non-hydrogen) atoms. The zero-order valence-electron chi connectivity index (χ0n) is 9.81. The van der Waals surface area contributed by atoms with Crippen LogP contribution < -0.4 is 5.32 Å². The van der Waals surface area contributed by atoms with E-state index in [4.69, 9.17) is 0 Å². The topological polar surface area (TPSA) is 12.0 Å². The Labute approximate surface area is 89.0 Å². The molecule has 1 unspecified atom stereocenters. The largest absolute Gasteiger partial charge is 0.317 e. The summed E-state index contributed by atoms with van der Waals surface area (Å²) in [7, 11) is 2.10. The predicted octanol–water partition coefficient (Wildman–Crippen LogP) is 3.51. The Morgan fingerprint density at radius 1 is 1.43 bits per heavy atom. The molecule has 0 bridgehead atoms. The molecule has 1 heteroatoms. The van der Waals surface area contributed by atoms with Crippen LogP contribution in [0.2, 0.25) is 0 Å². The Hall–Kier alpha value is -0.300. The van der Waals surface area contributed by atoms with Gasteiger partial charge in [-0.2, -0.15) is 0 Å². The van der Waals surface area contributed by atoms with Crippen LogP contribution in [0.5, 0.6) is 0 Å². The lowest BCUT2D eigenvalue weighted by molar-refractivity contribution is 0.388. The van der Waals surface area contributed by atoms with Gasteiger partial charge in [0.25, 0.3) is 0 Å². The van der Waals surface area contributed by atoms with Crippen LogP contribution in [0.25, 0.3) is 0 Å². The van der Waals surface area contributed by atoms with Crippen molar-refractivity contribution < 1.29 is 0 Å². The summed E-state index contributed by atoms with van der Waals surface area (Å²) in [6.07, 6.45) is 9.67. The third-order valence-electron chi connectivity index (χ3n) is 3.42. The number of rotatable bonds is 6. The summed E-state index contributed by atoms with van der Waals surface area (Å²) >= 11 is 0. The zero-order chi connectivity index (χ0) is 10.4. The maximum atomic E-state index is 3.97. The fraction of sp³-hybridized carbons (Fsp3) is 0.846. The van der Waals surface area contributed by atoms with E-state index in [2.05, 4.69) is 25.9 Å². The number of hydrogen-bond acceptors (Lipinski definition) is 1. The van der Waals surface area contributed by atoms with Gasteiger partial charge in [-0.1, -0.05) is 31.3 Å². The van der Waals surface area contributed by atoms with Gasteiger partial charge in [0.05, 0.1) is 0 Å². The standard InChI is InChI=1S/C13H25N/c1-11(2)8-9-13(14-3)10-12-6-4-5-7-12/h12-14H,1,4-10H2,2-3H3. The highest BCUT2D eigenvalue weighted by Gasteiger charge is 2.18. The quantitative estimate of drug-likeness (QED) is 0.640. The van der Waals surface area contributed by atoms with Crippen molar-refractivity contribution in [2.75, 3.05) is 7.05 Å². The van der Waals surface area contributed by atoms with Gasteiger partial charge >= 0.3 is 0 Å². The third kappa shape index (κ3) is 4.28. The van der Waals surface area contributed by atoms with Crippen molar-refractivity contribution in [3.63, 3.8) is 0 Å². The lowest BCUT2D eigenvalue weighted by atomic mass is 9.95. The lowest BCUT2D eigenvalue weighted by Crippen LogP contribution is -2.27. The molecule has 0 saturated heterocycles. The van der Waals surface area contributed by atoms with Gasteiger partial charge in [-0.3, -0.25) is 0 Å². The van der Waals surface area contributed by atoms with E-state index in [1.54, 1.807) is 0 Å². The second kappa shape index (κ2) is 6.23. The average Bonchev–Trinajstić information content (AvgIpc) is 2.64. The van der Waals surface area contributed by atoms with Crippen LogP contribution in [0.3, 0.4) is 0 Å². The Morgan fingerprint density at radius 2 is 2.07 bits per heavy atom. The molecule has 0 aromatic heterocycles. The number of allylic oxidation sites excluding steroid dienone is 1. The molecular weight excluding hydrogens is 170 g/mol. The van der Waals surface area contributed by atoms with Crippen molar-refractivity contribution in [3.8, 4) is 0 Å². The molecule has 82 valence electrons. The first-order valence-electron chi connectivity index (χ1n) is 6.04. The molecule has 1 fully saturated rings. The van der Waals surface area contributed by atoms with Gasteiger partial charge in [0.15, 0.2) is 0 Å². The van der Waals surface area contributed by atoms with E-state index in [1.165, 1.54) is 50.5 Å². The summed E-state index contributed by atoms with van der Waals surface area (Å²) in [5, 5.41) is 3.44. The molecule has 1 rings (SSSR count). The van der Waals surface area contributed by atoms with Gasteiger partial charge in [-0.05, 0) is 39.2 Å². The number of nitrogens with one attached hydrogen (secondary N) is 1. The molecule has 0 aliphatic heterocycles. The van der Waals surface area contributed by atoms with Gasteiger partial charge < -0.3 is 5.32 Å². The van der Waals surface area contributed by atoms with Crippen molar-refractivity contribution in [1.29, 1.82) is 0 Å². The molecule has 1 saturated carbocycles. The van der Waals surface area contributed by atoms with Crippen LogP contribution in [0.1, 0.15) is 51.9 Å². The molecular formula is C13H25N. The SMILES string of the molecule is C=C(C)CCC(CC1CCCC1)NC. The zero-order valence-corrected chi connectivity index (χ0v) is 9.81. The monoisotopic (exact) mass is 195 g/mol.